The summed E-state index contributed by atoms with van der Waals surface area (Å²) in [6.45, 7) is 2.55. The highest BCUT2D eigenvalue weighted by Gasteiger charge is 2.45. The Morgan fingerprint density at radius 1 is 1.06 bits per heavy atom. The minimum absolute atomic E-state index is 0.0195. The Balaban J connectivity index is 1.56. The number of fused-ring (bicyclic) bond motifs is 1. The van der Waals surface area contributed by atoms with Gasteiger partial charge in [0.25, 0.3) is 0 Å². The largest absolute Gasteiger partial charge is 0.371 e. The number of nitrogens with zero attached hydrogens (tertiary/aromatic N) is 1. The Labute approximate surface area is 96.4 Å². The first-order valence-electron chi connectivity index (χ1n) is 6.39. The highest BCUT2D eigenvalue weighted by atomic mass is 15.2. The summed E-state index contributed by atoms with van der Waals surface area (Å²) < 4.78 is 0. The molecule has 2 unspecified atom stereocenters. The Kier molecular flexibility index (Phi) is 1.59. The van der Waals surface area contributed by atoms with E-state index in [0.717, 1.165) is 24.7 Å². The normalized spacial score (nSPS) is 33.7. The maximum absolute atomic E-state index is 6.19. The van der Waals surface area contributed by atoms with Gasteiger partial charge in [0.15, 0.2) is 0 Å². The van der Waals surface area contributed by atoms with Crippen molar-refractivity contribution in [2.24, 2.45) is 17.6 Å². The predicted molar refractivity (Wildman–Crippen MR) is 65.4 cm³/mol. The number of anilines is 1. The number of nitrogens with two attached hydrogens (primary N) is 1. The van der Waals surface area contributed by atoms with E-state index in [9.17, 15) is 0 Å². The quantitative estimate of drug-likeness (QED) is 0.816. The molecule has 0 aromatic heterocycles. The van der Waals surface area contributed by atoms with E-state index in [1.165, 1.54) is 30.8 Å². The highest BCUT2D eigenvalue weighted by Crippen LogP contribution is 2.47. The summed E-state index contributed by atoms with van der Waals surface area (Å²) in [6.07, 6.45) is 3.78. The topological polar surface area (TPSA) is 29.3 Å². The van der Waals surface area contributed by atoms with Gasteiger partial charge >= 0.3 is 0 Å². The fourth-order valence-electron chi connectivity index (χ4n) is 3.04. The van der Waals surface area contributed by atoms with Crippen molar-refractivity contribution in [2.45, 2.75) is 24.8 Å². The molecular weight excluding hydrogens is 196 g/mol. The molecule has 0 radical (unpaired) electrons. The summed E-state index contributed by atoms with van der Waals surface area (Å²) in [6, 6.07) is 8.97. The first-order valence-corrected chi connectivity index (χ1v) is 6.39. The van der Waals surface area contributed by atoms with Gasteiger partial charge < -0.3 is 10.6 Å². The van der Waals surface area contributed by atoms with Crippen LogP contribution in [0.4, 0.5) is 5.69 Å². The first-order chi connectivity index (χ1) is 7.74. The maximum atomic E-state index is 6.19. The third kappa shape index (κ3) is 1.29. The van der Waals surface area contributed by atoms with Crippen molar-refractivity contribution in [3.63, 3.8) is 0 Å². The molecule has 3 aliphatic rings. The summed E-state index contributed by atoms with van der Waals surface area (Å²) >= 11 is 0. The monoisotopic (exact) mass is 214 g/mol. The van der Waals surface area contributed by atoms with E-state index in [2.05, 4.69) is 29.2 Å². The molecule has 84 valence electrons. The van der Waals surface area contributed by atoms with Crippen LogP contribution in [0.15, 0.2) is 24.3 Å². The van der Waals surface area contributed by atoms with Gasteiger partial charge in [0, 0.05) is 24.3 Å². The van der Waals surface area contributed by atoms with E-state index in [1.807, 2.05) is 0 Å². The van der Waals surface area contributed by atoms with Crippen LogP contribution in [0.1, 0.15) is 24.8 Å². The van der Waals surface area contributed by atoms with Crippen LogP contribution in [0, 0.1) is 11.8 Å². The zero-order valence-corrected chi connectivity index (χ0v) is 9.52. The average molecular weight is 214 g/mol. The van der Waals surface area contributed by atoms with Gasteiger partial charge in [-0.15, -0.1) is 0 Å². The third-order valence-corrected chi connectivity index (χ3v) is 4.57. The van der Waals surface area contributed by atoms with E-state index in [4.69, 9.17) is 5.73 Å². The molecule has 1 aliphatic heterocycles. The Hall–Kier alpha value is -1.02. The number of rotatable bonds is 2. The average Bonchev–Trinajstić information content (AvgIpc) is 3.21. The predicted octanol–water partition coefficient (Wildman–Crippen LogP) is 2.09. The lowest BCUT2D eigenvalue weighted by atomic mass is 10.1. The summed E-state index contributed by atoms with van der Waals surface area (Å²) in [7, 11) is 0. The van der Waals surface area contributed by atoms with Crippen LogP contribution < -0.4 is 10.6 Å². The molecular formula is C14H18N2. The van der Waals surface area contributed by atoms with Crippen LogP contribution in [-0.2, 0) is 5.54 Å². The molecule has 16 heavy (non-hydrogen) atoms. The van der Waals surface area contributed by atoms with Crippen LogP contribution in [0.25, 0.3) is 0 Å². The standard InChI is InChI=1S/C14H18N2/c15-14(5-6-14)12-1-3-13(4-2-12)16-8-10-7-11(10)9-16/h1-4,10-11H,5-9,15H2. The SMILES string of the molecule is NC1(c2ccc(N3CC4CC4C3)cc2)CC1. The van der Waals surface area contributed by atoms with Gasteiger partial charge in [-0.3, -0.25) is 0 Å². The van der Waals surface area contributed by atoms with E-state index in [-0.39, 0.29) is 5.54 Å². The zero-order valence-electron chi connectivity index (χ0n) is 9.52. The van der Waals surface area contributed by atoms with Gasteiger partial charge in [-0.1, -0.05) is 12.1 Å². The molecule has 1 saturated heterocycles. The highest BCUT2D eigenvalue weighted by molar-refractivity contribution is 5.51. The smallest absolute Gasteiger partial charge is 0.0411 e. The molecule has 0 bridgehead atoms. The van der Waals surface area contributed by atoms with Crippen molar-refractivity contribution in [1.82, 2.24) is 0 Å². The summed E-state index contributed by atoms with van der Waals surface area (Å²) in [5, 5.41) is 0. The van der Waals surface area contributed by atoms with Gasteiger partial charge in [-0.2, -0.15) is 0 Å². The van der Waals surface area contributed by atoms with Crippen LogP contribution in [0.2, 0.25) is 0 Å². The molecule has 2 heteroatoms. The molecule has 3 fully saturated rings. The van der Waals surface area contributed by atoms with Crippen molar-refractivity contribution in [2.75, 3.05) is 18.0 Å². The summed E-state index contributed by atoms with van der Waals surface area (Å²) in [5.74, 6) is 2.01. The Morgan fingerprint density at radius 3 is 2.25 bits per heavy atom. The van der Waals surface area contributed by atoms with E-state index in [1.54, 1.807) is 0 Å². The number of hydrogen-bond donors (Lipinski definition) is 1. The molecule has 2 atom stereocenters. The van der Waals surface area contributed by atoms with Gasteiger partial charge in [0.05, 0.1) is 0 Å². The number of hydrogen-bond acceptors (Lipinski definition) is 2. The molecule has 2 N–H and O–H groups in total. The van der Waals surface area contributed by atoms with Crippen molar-refractivity contribution >= 4 is 5.69 Å². The lowest BCUT2D eigenvalue weighted by Crippen LogP contribution is -2.22. The van der Waals surface area contributed by atoms with Crippen molar-refractivity contribution < 1.29 is 0 Å². The molecule has 0 amide bonds. The second-order valence-corrected chi connectivity index (χ2v) is 5.86. The Bertz CT molecular complexity index is 409. The van der Waals surface area contributed by atoms with Crippen molar-refractivity contribution in [1.29, 1.82) is 0 Å². The maximum Gasteiger partial charge on any atom is 0.0411 e. The van der Waals surface area contributed by atoms with Gasteiger partial charge in [0.1, 0.15) is 0 Å². The number of piperidine rings is 1. The number of benzene rings is 1. The fourth-order valence-corrected chi connectivity index (χ4v) is 3.04. The van der Waals surface area contributed by atoms with Crippen LogP contribution >= 0.6 is 0 Å². The van der Waals surface area contributed by atoms with Gasteiger partial charge in [0.2, 0.25) is 0 Å². The van der Waals surface area contributed by atoms with Crippen LogP contribution in [-0.4, -0.2) is 13.1 Å². The zero-order chi connectivity index (χ0) is 10.8. The first kappa shape index (κ1) is 9.06. The van der Waals surface area contributed by atoms with Crippen LogP contribution in [0.3, 0.4) is 0 Å². The van der Waals surface area contributed by atoms with E-state index >= 15 is 0 Å². The summed E-state index contributed by atoms with van der Waals surface area (Å²) in [5.41, 5.74) is 8.92. The summed E-state index contributed by atoms with van der Waals surface area (Å²) in [4.78, 5) is 2.53. The minimum Gasteiger partial charge on any atom is -0.371 e. The molecule has 2 nitrogen and oxygen atoms in total. The van der Waals surface area contributed by atoms with E-state index in [0.29, 0.717) is 0 Å². The molecule has 2 saturated carbocycles. The lowest BCUT2D eigenvalue weighted by Gasteiger charge is -2.21. The van der Waals surface area contributed by atoms with Crippen molar-refractivity contribution in [3.05, 3.63) is 29.8 Å². The van der Waals surface area contributed by atoms with Crippen molar-refractivity contribution in [3.8, 4) is 0 Å². The molecule has 2 aliphatic carbocycles. The van der Waals surface area contributed by atoms with Gasteiger partial charge in [-0.25, -0.2) is 0 Å². The minimum atomic E-state index is 0.0195. The third-order valence-electron chi connectivity index (χ3n) is 4.57. The molecule has 1 aromatic rings. The molecule has 0 spiro atoms. The van der Waals surface area contributed by atoms with E-state index < -0.39 is 0 Å². The molecule has 1 aromatic carbocycles. The Morgan fingerprint density at radius 2 is 1.69 bits per heavy atom. The lowest BCUT2D eigenvalue weighted by molar-refractivity contribution is 0.739. The van der Waals surface area contributed by atoms with Gasteiger partial charge in [-0.05, 0) is 48.8 Å². The molecule has 4 rings (SSSR count). The van der Waals surface area contributed by atoms with Crippen LogP contribution in [0.5, 0.6) is 0 Å². The second-order valence-electron chi connectivity index (χ2n) is 5.86. The second kappa shape index (κ2) is 2.80. The molecule has 1 heterocycles. The fraction of sp³-hybridized carbons (Fsp3) is 0.571.